The van der Waals surface area contributed by atoms with Crippen LogP contribution in [0.3, 0.4) is 0 Å². The zero-order valence-corrected chi connectivity index (χ0v) is 10.9. The lowest BCUT2D eigenvalue weighted by Gasteiger charge is -2.36. The average Bonchev–Trinajstić information content (AvgIpc) is 2.37. The first-order valence-corrected chi connectivity index (χ1v) is 6.11. The molecular formula is C12H15F4N3O. The molecule has 20 heavy (non-hydrogen) atoms. The summed E-state index contributed by atoms with van der Waals surface area (Å²) in [7, 11) is 1.90. The normalized spacial score (nSPS) is 18.1. The predicted molar refractivity (Wildman–Crippen MR) is 65.8 cm³/mol. The third-order valence-electron chi connectivity index (χ3n) is 3.02. The average molecular weight is 293 g/mol. The van der Waals surface area contributed by atoms with Crippen molar-refractivity contribution in [3.05, 3.63) is 24.3 Å². The van der Waals surface area contributed by atoms with Gasteiger partial charge in [0, 0.05) is 26.2 Å². The van der Waals surface area contributed by atoms with Gasteiger partial charge in [-0.1, -0.05) is 16.6 Å². The Morgan fingerprint density at radius 1 is 1.10 bits per heavy atom. The smallest absolute Gasteiger partial charge is 0.403 e. The molecule has 1 fully saturated rings. The van der Waals surface area contributed by atoms with E-state index >= 15 is 0 Å². The van der Waals surface area contributed by atoms with E-state index < -0.39 is 12.1 Å². The van der Waals surface area contributed by atoms with Gasteiger partial charge in [-0.25, -0.2) is 0 Å². The van der Waals surface area contributed by atoms with Crippen LogP contribution in [0.2, 0.25) is 0 Å². The molecule has 0 bridgehead atoms. The molecule has 0 unspecified atom stereocenters. The van der Waals surface area contributed by atoms with Gasteiger partial charge in [0.05, 0.1) is 0 Å². The lowest BCUT2D eigenvalue weighted by atomic mass is 10.3. The molecule has 1 aromatic rings. The van der Waals surface area contributed by atoms with Crippen LogP contribution < -0.4 is 9.97 Å². The number of piperazine rings is 1. The molecule has 0 N–H and O–H groups in total. The zero-order valence-electron chi connectivity index (χ0n) is 10.9. The number of benzene rings is 1. The Hall–Kier alpha value is -1.54. The van der Waals surface area contributed by atoms with Gasteiger partial charge in [-0.3, -0.25) is 0 Å². The summed E-state index contributed by atoms with van der Waals surface area (Å²) in [6.45, 7) is 2.08. The number of likely N-dealkylation sites (N-methyl/N-ethyl adjacent to an activating group) is 1. The molecule has 112 valence electrons. The molecule has 1 saturated heterocycles. The Morgan fingerprint density at radius 3 is 2.30 bits per heavy atom. The number of hydrogen-bond acceptors (Lipinski definition) is 4. The van der Waals surface area contributed by atoms with Crippen LogP contribution in [-0.2, 0) is 0 Å². The first kappa shape index (κ1) is 14.9. The fraction of sp³-hybridized carbons (Fsp3) is 0.500. The van der Waals surface area contributed by atoms with Gasteiger partial charge in [-0.15, -0.1) is 18.4 Å². The Balaban J connectivity index is 2.15. The van der Waals surface area contributed by atoms with Crippen LogP contribution in [0, 0.1) is 0 Å². The third kappa shape index (κ3) is 3.73. The monoisotopic (exact) mass is 293 g/mol. The number of halogens is 4. The third-order valence-corrected chi connectivity index (χ3v) is 3.02. The Morgan fingerprint density at radius 2 is 1.70 bits per heavy atom. The van der Waals surface area contributed by atoms with Gasteiger partial charge in [0.2, 0.25) is 0 Å². The van der Waals surface area contributed by atoms with Crippen molar-refractivity contribution in [3.8, 4) is 5.75 Å². The highest BCUT2D eigenvalue weighted by Gasteiger charge is 2.33. The molecule has 0 spiro atoms. The van der Waals surface area contributed by atoms with Crippen molar-refractivity contribution in [1.29, 1.82) is 0 Å². The van der Waals surface area contributed by atoms with E-state index in [2.05, 4.69) is 4.74 Å². The summed E-state index contributed by atoms with van der Waals surface area (Å²) in [6.07, 6.45) is -4.85. The van der Waals surface area contributed by atoms with E-state index in [9.17, 15) is 17.7 Å². The molecule has 2 rings (SSSR count). The Kier molecular flexibility index (Phi) is 4.34. The van der Waals surface area contributed by atoms with Gasteiger partial charge in [0.1, 0.15) is 5.69 Å². The van der Waals surface area contributed by atoms with Gasteiger partial charge in [-0.05, 0) is 19.2 Å². The highest BCUT2D eigenvalue weighted by atomic mass is 19.4. The number of nitrogens with zero attached hydrogens (tertiary/aromatic N) is 3. The SMILES string of the molecule is CN1CCN(N(F)c2ccccc2OC(F)(F)F)CC1. The first-order chi connectivity index (χ1) is 9.37. The van der Waals surface area contributed by atoms with Gasteiger partial charge in [0.25, 0.3) is 0 Å². The summed E-state index contributed by atoms with van der Waals surface area (Å²) in [5.74, 6) is -0.554. The number of para-hydroxylation sites is 2. The lowest BCUT2D eigenvalue weighted by Crippen LogP contribution is -2.50. The van der Waals surface area contributed by atoms with Crippen LogP contribution in [0.4, 0.5) is 23.3 Å². The molecule has 0 saturated carbocycles. The van der Waals surface area contributed by atoms with E-state index in [0.717, 1.165) is 6.07 Å². The number of ether oxygens (including phenoxy) is 1. The van der Waals surface area contributed by atoms with E-state index in [1.54, 1.807) is 0 Å². The molecule has 0 atom stereocenters. The lowest BCUT2D eigenvalue weighted by molar-refractivity contribution is -0.274. The number of hydrogen-bond donors (Lipinski definition) is 0. The van der Waals surface area contributed by atoms with Gasteiger partial charge in [0.15, 0.2) is 5.75 Å². The van der Waals surface area contributed by atoms with E-state index in [0.29, 0.717) is 26.2 Å². The molecule has 1 aromatic carbocycles. The van der Waals surface area contributed by atoms with Crippen molar-refractivity contribution in [2.75, 3.05) is 38.5 Å². The molecule has 0 aromatic heterocycles. The topological polar surface area (TPSA) is 19.0 Å². The number of alkyl halides is 3. The quantitative estimate of drug-likeness (QED) is 0.629. The van der Waals surface area contributed by atoms with Crippen LogP contribution in [0.1, 0.15) is 0 Å². The molecule has 8 heteroatoms. The standard InChI is InChI=1S/C12H15F4N3O/c1-17-6-8-18(9-7-17)19(16)10-4-2-3-5-11(10)20-12(13,14)15/h2-5H,6-9H2,1H3. The molecule has 1 heterocycles. The summed E-state index contributed by atoms with van der Waals surface area (Å²) in [5, 5.41) is 1.58. The van der Waals surface area contributed by atoms with Crippen LogP contribution in [0.15, 0.2) is 24.3 Å². The van der Waals surface area contributed by atoms with Crippen molar-refractivity contribution in [3.63, 3.8) is 0 Å². The van der Waals surface area contributed by atoms with Crippen molar-refractivity contribution in [2.45, 2.75) is 6.36 Å². The maximum Gasteiger partial charge on any atom is 0.573 e. The van der Waals surface area contributed by atoms with E-state index in [1.807, 2.05) is 11.9 Å². The minimum Gasteiger partial charge on any atom is -0.403 e. The predicted octanol–water partition coefficient (Wildman–Crippen LogP) is 2.44. The van der Waals surface area contributed by atoms with E-state index in [4.69, 9.17) is 0 Å². The van der Waals surface area contributed by atoms with Gasteiger partial charge < -0.3 is 9.64 Å². The minimum absolute atomic E-state index is 0.230. The first-order valence-electron chi connectivity index (χ1n) is 6.11. The van der Waals surface area contributed by atoms with Crippen molar-refractivity contribution < 1.29 is 22.4 Å². The zero-order chi connectivity index (χ0) is 14.8. The number of anilines is 1. The van der Waals surface area contributed by atoms with Gasteiger partial charge in [-0.2, -0.15) is 5.01 Å². The second-order valence-corrected chi connectivity index (χ2v) is 4.53. The summed E-state index contributed by atoms with van der Waals surface area (Å²) < 4.78 is 55.0. The van der Waals surface area contributed by atoms with Crippen LogP contribution in [0.25, 0.3) is 0 Å². The van der Waals surface area contributed by atoms with Crippen LogP contribution in [-0.4, -0.2) is 49.5 Å². The van der Waals surface area contributed by atoms with Gasteiger partial charge >= 0.3 is 6.36 Å². The second-order valence-electron chi connectivity index (χ2n) is 4.53. The Bertz CT molecular complexity index is 447. The van der Waals surface area contributed by atoms with Crippen molar-refractivity contribution in [2.24, 2.45) is 0 Å². The fourth-order valence-electron chi connectivity index (χ4n) is 1.94. The van der Waals surface area contributed by atoms with E-state index in [1.165, 1.54) is 23.2 Å². The second kappa shape index (κ2) is 5.84. The minimum atomic E-state index is -4.85. The van der Waals surface area contributed by atoms with Crippen molar-refractivity contribution in [1.82, 2.24) is 9.91 Å². The highest BCUT2D eigenvalue weighted by molar-refractivity contribution is 5.56. The highest BCUT2D eigenvalue weighted by Crippen LogP contribution is 2.33. The molecule has 0 aliphatic carbocycles. The molecule has 0 amide bonds. The van der Waals surface area contributed by atoms with Crippen LogP contribution in [0.5, 0.6) is 5.75 Å². The van der Waals surface area contributed by atoms with Crippen LogP contribution >= 0.6 is 0 Å². The fourth-order valence-corrected chi connectivity index (χ4v) is 1.94. The number of rotatable bonds is 3. The summed E-state index contributed by atoms with van der Waals surface area (Å²) in [6, 6.07) is 5.16. The summed E-state index contributed by atoms with van der Waals surface area (Å²) >= 11 is 0. The molecular weight excluding hydrogens is 278 g/mol. The molecule has 4 nitrogen and oxygen atoms in total. The molecule has 1 aliphatic rings. The molecule has 1 aliphatic heterocycles. The largest absolute Gasteiger partial charge is 0.573 e. The summed E-state index contributed by atoms with van der Waals surface area (Å²) in [4.78, 5) is 2.02. The maximum atomic E-state index is 14.3. The summed E-state index contributed by atoms with van der Waals surface area (Å²) in [5.41, 5.74) is -0.255. The van der Waals surface area contributed by atoms with Crippen molar-refractivity contribution >= 4 is 5.69 Å². The maximum absolute atomic E-state index is 14.3. The Labute approximate surface area is 114 Å². The van der Waals surface area contributed by atoms with E-state index in [-0.39, 0.29) is 10.9 Å². The molecule has 0 radical (unpaired) electrons. The number of hydrazine groups is 1.